The number of urea groups is 1. The minimum atomic E-state index is -1.08. The molecule has 0 spiro atoms. The standard InChI is InChI=1S/C23H19N5O6.ClH/c1-33-23(32)28-21-26-18-10-9-17(12-19(18)27-21)34-16-7-5-14(6-8-16)24-22(31)25-15-4-2-3-13(11-15)20(29)30;/h2-12H,1H3,(H,29,30)(H2,24,25,31)(H2,26,27,28,32);1H/p-1. The Balaban J connectivity index is 0.00000342. The number of fused-ring (bicyclic) bond motifs is 1. The molecule has 0 fully saturated rings. The summed E-state index contributed by atoms with van der Waals surface area (Å²) in [6.07, 6.45) is -0.633. The summed E-state index contributed by atoms with van der Waals surface area (Å²) in [5.41, 5.74) is 2.24. The van der Waals surface area contributed by atoms with Gasteiger partial charge in [-0.1, -0.05) is 6.07 Å². The first-order valence-corrected chi connectivity index (χ1v) is 9.93. The van der Waals surface area contributed by atoms with E-state index in [-0.39, 0.29) is 23.9 Å². The minimum Gasteiger partial charge on any atom is -1.00 e. The number of aromatic carboxylic acids is 1. The molecule has 12 heteroatoms. The Bertz CT molecular complexity index is 1370. The zero-order valence-corrected chi connectivity index (χ0v) is 18.9. The molecule has 0 aliphatic rings. The van der Waals surface area contributed by atoms with Crippen molar-refractivity contribution in [1.82, 2.24) is 9.97 Å². The molecule has 1 aromatic heterocycles. The third-order valence-electron chi connectivity index (χ3n) is 4.57. The number of carboxylic acid groups (broad SMARTS) is 1. The van der Waals surface area contributed by atoms with Crippen LogP contribution in [0.4, 0.5) is 26.9 Å². The van der Waals surface area contributed by atoms with Crippen LogP contribution in [0.25, 0.3) is 11.0 Å². The van der Waals surface area contributed by atoms with Crippen molar-refractivity contribution in [1.29, 1.82) is 0 Å². The van der Waals surface area contributed by atoms with Crippen molar-refractivity contribution in [2.45, 2.75) is 0 Å². The fraction of sp³-hybridized carbons (Fsp3) is 0.0435. The van der Waals surface area contributed by atoms with Gasteiger partial charge in [-0.2, -0.15) is 0 Å². The highest BCUT2D eigenvalue weighted by atomic mass is 35.5. The average molecular weight is 497 g/mol. The van der Waals surface area contributed by atoms with E-state index in [2.05, 4.69) is 30.7 Å². The van der Waals surface area contributed by atoms with Gasteiger partial charge in [-0.3, -0.25) is 5.32 Å². The predicted molar refractivity (Wildman–Crippen MR) is 125 cm³/mol. The van der Waals surface area contributed by atoms with E-state index in [0.29, 0.717) is 33.9 Å². The maximum absolute atomic E-state index is 12.2. The number of anilines is 3. The molecule has 3 aromatic carbocycles. The first-order chi connectivity index (χ1) is 16.4. The third kappa shape index (κ3) is 6.39. The van der Waals surface area contributed by atoms with Crippen molar-refractivity contribution in [3.63, 3.8) is 0 Å². The molecule has 0 unspecified atom stereocenters. The van der Waals surface area contributed by atoms with Gasteiger partial charge in [-0.25, -0.2) is 19.4 Å². The highest BCUT2D eigenvalue weighted by Crippen LogP contribution is 2.26. The number of benzene rings is 3. The van der Waals surface area contributed by atoms with Gasteiger partial charge in [-0.15, -0.1) is 0 Å². The molecule has 0 aliphatic heterocycles. The molecule has 0 saturated heterocycles. The van der Waals surface area contributed by atoms with Crippen molar-refractivity contribution in [3.05, 3.63) is 72.3 Å². The maximum atomic E-state index is 12.2. The smallest absolute Gasteiger partial charge is 0.413 e. The van der Waals surface area contributed by atoms with Crippen LogP contribution in [0, 0.1) is 0 Å². The molecule has 1 heterocycles. The Morgan fingerprint density at radius 3 is 2.31 bits per heavy atom. The molecule has 5 N–H and O–H groups in total. The molecule has 35 heavy (non-hydrogen) atoms. The fourth-order valence-corrected chi connectivity index (χ4v) is 3.02. The van der Waals surface area contributed by atoms with E-state index in [1.54, 1.807) is 54.6 Å². The van der Waals surface area contributed by atoms with Crippen molar-refractivity contribution in [2.75, 3.05) is 23.1 Å². The van der Waals surface area contributed by atoms with Gasteiger partial charge in [0.1, 0.15) is 11.5 Å². The largest absolute Gasteiger partial charge is 1.00 e. The van der Waals surface area contributed by atoms with Crippen LogP contribution >= 0.6 is 0 Å². The lowest BCUT2D eigenvalue weighted by Gasteiger charge is -2.10. The Morgan fingerprint density at radius 2 is 1.60 bits per heavy atom. The normalized spacial score (nSPS) is 10.1. The van der Waals surface area contributed by atoms with E-state index < -0.39 is 18.1 Å². The second-order valence-electron chi connectivity index (χ2n) is 6.97. The van der Waals surface area contributed by atoms with E-state index >= 15 is 0 Å². The molecule has 180 valence electrons. The molecule has 0 atom stereocenters. The second kappa shape index (κ2) is 10.9. The van der Waals surface area contributed by atoms with Crippen LogP contribution in [-0.2, 0) is 4.74 Å². The highest BCUT2D eigenvalue weighted by molar-refractivity contribution is 6.00. The van der Waals surface area contributed by atoms with Crippen LogP contribution in [0.1, 0.15) is 10.4 Å². The second-order valence-corrected chi connectivity index (χ2v) is 6.97. The van der Waals surface area contributed by atoms with Gasteiger partial charge < -0.3 is 42.6 Å². The molecule has 3 amide bonds. The topological polar surface area (TPSA) is 155 Å². The Hall–Kier alpha value is -4.77. The number of nitrogens with one attached hydrogen (secondary N) is 4. The van der Waals surface area contributed by atoms with Gasteiger partial charge in [-0.05, 0) is 54.6 Å². The van der Waals surface area contributed by atoms with Crippen LogP contribution in [0.5, 0.6) is 11.5 Å². The van der Waals surface area contributed by atoms with Crippen molar-refractivity contribution in [2.24, 2.45) is 0 Å². The number of carbonyl (C=O) groups is 3. The zero-order chi connectivity index (χ0) is 24.1. The van der Waals surface area contributed by atoms with Gasteiger partial charge in [0.2, 0.25) is 5.95 Å². The number of H-pyrrole nitrogens is 1. The number of ether oxygens (including phenoxy) is 2. The van der Waals surface area contributed by atoms with Crippen molar-refractivity contribution < 1.29 is 41.4 Å². The van der Waals surface area contributed by atoms with Crippen LogP contribution in [0.3, 0.4) is 0 Å². The molecular formula is C23H19ClN5O6-. The molecular weight excluding hydrogens is 478 g/mol. The van der Waals surface area contributed by atoms with E-state index in [0.717, 1.165) is 0 Å². The number of hydrogen-bond acceptors (Lipinski definition) is 6. The van der Waals surface area contributed by atoms with Crippen LogP contribution in [-0.4, -0.2) is 40.3 Å². The van der Waals surface area contributed by atoms with Gasteiger partial charge in [0.25, 0.3) is 0 Å². The number of amides is 3. The number of halogens is 1. The number of hydrogen-bond donors (Lipinski definition) is 5. The van der Waals surface area contributed by atoms with Gasteiger partial charge in [0, 0.05) is 17.4 Å². The first-order valence-electron chi connectivity index (χ1n) is 9.93. The summed E-state index contributed by atoms with van der Waals surface area (Å²) >= 11 is 0. The molecule has 0 radical (unpaired) electrons. The number of imidazole rings is 1. The van der Waals surface area contributed by atoms with Crippen molar-refractivity contribution >= 4 is 46.5 Å². The number of rotatable bonds is 6. The predicted octanol–water partition coefficient (Wildman–Crippen LogP) is 1.88. The fourth-order valence-electron chi connectivity index (χ4n) is 3.02. The number of carbonyl (C=O) groups excluding carboxylic acids is 2. The number of nitrogens with zero attached hydrogens (tertiary/aromatic N) is 1. The summed E-state index contributed by atoms with van der Waals surface area (Å²) in [6.45, 7) is 0. The summed E-state index contributed by atoms with van der Waals surface area (Å²) in [5.74, 6) is 0.247. The number of aromatic amines is 1. The van der Waals surface area contributed by atoms with Crippen LogP contribution < -0.4 is 33.1 Å². The number of methoxy groups -OCH3 is 1. The highest BCUT2D eigenvalue weighted by Gasteiger charge is 2.09. The Labute approximate surface area is 204 Å². The molecule has 0 saturated carbocycles. The summed E-state index contributed by atoms with van der Waals surface area (Å²) in [6, 6.07) is 17.3. The summed E-state index contributed by atoms with van der Waals surface area (Å²) in [5, 5.41) is 16.8. The van der Waals surface area contributed by atoms with E-state index in [1.165, 1.54) is 19.2 Å². The third-order valence-corrected chi connectivity index (χ3v) is 4.57. The quantitative estimate of drug-likeness (QED) is 0.273. The van der Waals surface area contributed by atoms with Gasteiger partial charge >= 0.3 is 18.1 Å². The lowest BCUT2D eigenvalue weighted by molar-refractivity contribution is -0.0000301. The lowest BCUT2D eigenvalue weighted by atomic mass is 10.2. The van der Waals surface area contributed by atoms with E-state index in [4.69, 9.17) is 9.84 Å². The van der Waals surface area contributed by atoms with Gasteiger partial charge in [0.15, 0.2) is 0 Å². The Morgan fingerprint density at radius 1 is 0.886 bits per heavy atom. The van der Waals surface area contributed by atoms with E-state index in [1.807, 2.05) is 0 Å². The average Bonchev–Trinajstić information content (AvgIpc) is 3.21. The number of carboxylic acids is 1. The number of aromatic nitrogens is 2. The van der Waals surface area contributed by atoms with Gasteiger partial charge in [0.05, 0.1) is 23.7 Å². The molecule has 0 bridgehead atoms. The minimum absolute atomic E-state index is 0. The summed E-state index contributed by atoms with van der Waals surface area (Å²) in [7, 11) is 1.26. The molecule has 11 nitrogen and oxygen atoms in total. The SMILES string of the molecule is COC(=O)Nc1nc2ccc(Oc3ccc(NC(=O)Nc4cccc(C(=O)O)c4)cc3)cc2[nH]1.[Cl-]. The summed E-state index contributed by atoms with van der Waals surface area (Å²) in [4.78, 5) is 41.8. The maximum Gasteiger partial charge on any atom is 0.413 e. The monoisotopic (exact) mass is 496 g/mol. The van der Waals surface area contributed by atoms with E-state index in [9.17, 15) is 14.4 Å². The van der Waals surface area contributed by atoms with Crippen LogP contribution in [0.15, 0.2) is 66.7 Å². The molecule has 4 rings (SSSR count). The van der Waals surface area contributed by atoms with Crippen LogP contribution in [0.2, 0.25) is 0 Å². The first kappa shape index (κ1) is 24.9. The van der Waals surface area contributed by atoms with Crippen molar-refractivity contribution in [3.8, 4) is 11.5 Å². The lowest BCUT2D eigenvalue weighted by Crippen LogP contribution is -3.00. The molecule has 4 aromatic rings. The molecule has 0 aliphatic carbocycles. The zero-order valence-electron chi connectivity index (χ0n) is 18.2. The summed E-state index contributed by atoms with van der Waals surface area (Å²) < 4.78 is 10.4. The Kier molecular flexibility index (Phi) is 7.74.